The third-order valence-corrected chi connectivity index (χ3v) is 5.55. The van der Waals surface area contributed by atoms with E-state index in [1.54, 1.807) is 37.4 Å². The van der Waals surface area contributed by atoms with Crippen LogP contribution in [0.15, 0.2) is 82.6 Å². The van der Waals surface area contributed by atoms with Crippen LogP contribution >= 0.6 is 0 Å². The Morgan fingerprint density at radius 3 is 2.22 bits per heavy atom. The average molecular weight is 502 g/mol. The summed E-state index contributed by atoms with van der Waals surface area (Å²) in [5, 5.41) is 7.12. The highest BCUT2D eigenvalue weighted by Crippen LogP contribution is 2.20. The van der Waals surface area contributed by atoms with Crippen LogP contribution < -0.4 is 25.9 Å². The van der Waals surface area contributed by atoms with Gasteiger partial charge in [0.1, 0.15) is 18.0 Å². The molecule has 2 heterocycles. The number of carbonyl (C=O) groups is 1. The lowest BCUT2D eigenvalue weighted by Gasteiger charge is -2.10. The molecular formula is C27H27N5O5. The molecule has 0 saturated carbocycles. The summed E-state index contributed by atoms with van der Waals surface area (Å²) in [6.45, 7) is 2.65. The van der Waals surface area contributed by atoms with E-state index in [1.165, 1.54) is 27.7 Å². The zero-order chi connectivity index (χ0) is 26.2. The lowest BCUT2D eigenvalue weighted by Crippen LogP contribution is -2.35. The number of aromatic nitrogens is 4. The number of nitrogens with one attached hydrogen (secondary N) is 1. The Balaban J connectivity index is 1.34. The number of hydrogen-bond acceptors (Lipinski definition) is 7. The van der Waals surface area contributed by atoms with Crippen LogP contribution in [0.5, 0.6) is 11.5 Å². The maximum atomic E-state index is 12.5. The predicted octanol–water partition coefficient (Wildman–Crippen LogP) is 2.36. The van der Waals surface area contributed by atoms with Crippen LogP contribution in [0.25, 0.3) is 22.5 Å². The van der Waals surface area contributed by atoms with Crippen molar-refractivity contribution in [2.45, 2.75) is 20.0 Å². The Morgan fingerprint density at radius 1 is 0.892 bits per heavy atom. The van der Waals surface area contributed by atoms with E-state index in [2.05, 4.69) is 15.4 Å². The average Bonchev–Trinajstić information content (AvgIpc) is 2.91. The molecule has 0 bridgehead atoms. The Hall–Kier alpha value is -4.73. The van der Waals surface area contributed by atoms with Crippen LogP contribution in [0.2, 0.25) is 0 Å². The van der Waals surface area contributed by atoms with Gasteiger partial charge >= 0.3 is 0 Å². The van der Waals surface area contributed by atoms with Crippen LogP contribution in [0.3, 0.4) is 0 Å². The van der Waals surface area contributed by atoms with Crippen molar-refractivity contribution in [3.05, 3.63) is 93.8 Å². The number of rotatable bonds is 10. The summed E-state index contributed by atoms with van der Waals surface area (Å²) in [6.07, 6.45) is 1.34. The van der Waals surface area contributed by atoms with Crippen molar-refractivity contribution in [3.8, 4) is 34.0 Å². The molecule has 10 heteroatoms. The molecule has 1 amide bonds. The van der Waals surface area contributed by atoms with Gasteiger partial charge in [0.15, 0.2) is 0 Å². The molecule has 2 aromatic carbocycles. The van der Waals surface area contributed by atoms with E-state index in [1.807, 2.05) is 31.2 Å². The summed E-state index contributed by atoms with van der Waals surface area (Å²) in [6, 6.07) is 19.1. The van der Waals surface area contributed by atoms with E-state index in [0.29, 0.717) is 23.7 Å². The summed E-state index contributed by atoms with van der Waals surface area (Å²) in [4.78, 5) is 41.4. The number of methoxy groups -OCH3 is 1. The summed E-state index contributed by atoms with van der Waals surface area (Å²) in [5.74, 6) is 1.08. The van der Waals surface area contributed by atoms with Gasteiger partial charge in [-0.15, -0.1) is 0 Å². The molecule has 1 N–H and O–H groups in total. The molecule has 37 heavy (non-hydrogen) atoms. The van der Waals surface area contributed by atoms with Gasteiger partial charge in [0, 0.05) is 29.8 Å². The van der Waals surface area contributed by atoms with Gasteiger partial charge in [-0.25, -0.2) is 9.67 Å². The molecule has 10 nitrogen and oxygen atoms in total. The van der Waals surface area contributed by atoms with Crippen molar-refractivity contribution in [2.24, 2.45) is 0 Å². The highest BCUT2D eigenvalue weighted by Gasteiger charge is 2.09. The number of amides is 1. The number of ether oxygens (including phenoxy) is 2. The summed E-state index contributed by atoms with van der Waals surface area (Å²) in [7, 11) is 1.58. The first-order valence-electron chi connectivity index (χ1n) is 11.8. The van der Waals surface area contributed by atoms with Crippen LogP contribution in [0.1, 0.15) is 6.92 Å². The summed E-state index contributed by atoms with van der Waals surface area (Å²) in [5.41, 5.74) is 2.10. The monoisotopic (exact) mass is 501 g/mol. The van der Waals surface area contributed by atoms with Gasteiger partial charge in [-0.3, -0.25) is 19.0 Å². The van der Waals surface area contributed by atoms with Crippen LogP contribution in [0.4, 0.5) is 0 Å². The number of nitrogens with zero attached hydrogens (tertiary/aromatic N) is 4. The molecule has 0 radical (unpaired) electrons. The van der Waals surface area contributed by atoms with Crippen molar-refractivity contribution < 1.29 is 14.3 Å². The maximum absolute atomic E-state index is 12.5. The lowest BCUT2D eigenvalue weighted by atomic mass is 10.1. The van der Waals surface area contributed by atoms with E-state index in [4.69, 9.17) is 9.47 Å². The molecule has 190 valence electrons. The fourth-order valence-corrected chi connectivity index (χ4v) is 3.63. The minimum absolute atomic E-state index is 0.171. The second-order valence-corrected chi connectivity index (χ2v) is 8.06. The minimum Gasteiger partial charge on any atom is -0.497 e. The SMILES string of the molecule is CCOc1ccc(-c2ccc(=O)n(CCNC(=O)Cn3cnc(-c4ccc(OC)cc4)cc3=O)n2)cc1. The molecule has 0 aliphatic heterocycles. The second-order valence-electron chi connectivity index (χ2n) is 8.06. The lowest BCUT2D eigenvalue weighted by molar-refractivity contribution is -0.121. The molecule has 0 fully saturated rings. The van der Waals surface area contributed by atoms with Gasteiger partial charge < -0.3 is 14.8 Å². The van der Waals surface area contributed by atoms with Crippen LogP contribution in [0, 0.1) is 0 Å². The fourth-order valence-electron chi connectivity index (χ4n) is 3.63. The molecular weight excluding hydrogens is 474 g/mol. The Morgan fingerprint density at radius 2 is 1.57 bits per heavy atom. The minimum atomic E-state index is -0.378. The summed E-state index contributed by atoms with van der Waals surface area (Å²) >= 11 is 0. The quantitative estimate of drug-likeness (QED) is 0.354. The third-order valence-electron chi connectivity index (χ3n) is 5.55. The standard InChI is InChI=1S/C27H27N5O5/c1-3-37-22-10-6-19(7-11-22)23-12-13-26(34)32(30-23)15-14-28-25(33)17-31-18-29-24(16-27(31)35)20-4-8-21(36-2)9-5-20/h4-13,16,18H,3,14-15,17H2,1-2H3,(H,28,33). The third kappa shape index (κ3) is 6.49. The number of hydrogen-bond donors (Lipinski definition) is 1. The van der Waals surface area contributed by atoms with E-state index >= 15 is 0 Å². The zero-order valence-electron chi connectivity index (χ0n) is 20.6. The van der Waals surface area contributed by atoms with Gasteiger partial charge in [-0.05, 0) is 61.5 Å². The summed E-state index contributed by atoms with van der Waals surface area (Å²) < 4.78 is 13.1. The molecule has 2 aromatic heterocycles. The molecule has 0 aliphatic rings. The molecule has 0 atom stereocenters. The number of benzene rings is 2. The largest absolute Gasteiger partial charge is 0.497 e. The first kappa shape index (κ1) is 25.4. The van der Waals surface area contributed by atoms with Crippen LogP contribution in [-0.2, 0) is 17.9 Å². The van der Waals surface area contributed by atoms with Crippen molar-refractivity contribution in [1.82, 2.24) is 24.6 Å². The van der Waals surface area contributed by atoms with Gasteiger partial charge in [-0.2, -0.15) is 5.10 Å². The molecule has 0 saturated heterocycles. The highest BCUT2D eigenvalue weighted by molar-refractivity contribution is 5.75. The van der Waals surface area contributed by atoms with Crippen molar-refractivity contribution in [1.29, 1.82) is 0 Å². The molecule has 0 aliphatic carbocycles. The maximum Gasteiger partial charge on any atom is 0.266 e. The molecule has 0 spiro atoms. The Kier molecular flexibility index (Phi) is 8.09. The van der Waals surface area contributed by atoms with Gasteiger partial charge in [0.2, 0.25) is 5.91 Å². The Bertz CT molecular complexity index is 1480. The fraction of sp³-hybridized carbons (Fsp3) is 0.222. The van der Waals surface area contributed by atoms with E-state index in [0.717, 1.165) is 16.9 Å². The van der Waals surface area contributed by atoms with Crippen molar-refractivity contribution >= 4 is 5.91 Å². The van der Waals surface area contributed by atoms with E-state index in [9.17, 15) is 14.4 Å². The predicted molar refractivity (Wildman–Crippen MR) is 139 cm³/mol. The smallest absolute Gasteiger partial charge is 0.266 e. The Labute approximate surface area is 213 Å². The van der Waals surface area contributed by atoms with E-state index in [-0.39, 0.29) is 36.7 Å². The van der Waals surface area contributed by atoms with Gasteiger partial charge in [0.05, 0.1) is 38.0 Å². The number of carbonyl (C=O) groups excluding carboxylic acids is 1. The normalized spacial score (nSPS) is 10.6. The van der Waals surface area contributed by atoms with Crippen molar-refractivity contribution in [2.75, 3.05) is 20.3 Å². The topological polar surface area (TPSA) is 117 Å². The van der Waals surface area contributed by atoms with E-state index < -0.39 is 0 Å². The molecule has 4 aromatic rings. The molecule has 4 rings (SSSR count). The zero-order valence-corrected chi connectivity index (χ0v) is 20.6. The van der Waals surface area contributed by atoms with Gasteiger partial charge in [-0.1, -0.05) is 0 Å². The first-order chi connectivity index (χ1) is 18.0. The first-order valence-corrected chi connectivity index (χ1v) is 11.8. The van der Waals surface area contributed by atoms with Gasteiger partial charge in [0.25, 0.3) is 11.1 Å². The van der Waals surface area contributed by atoms with Crippen molar-refractivity contribution in [3.63, 3.8) is 0 Å². The highest BCUT2D eigenvalue weighted by atomic mass is 16.5. The van der Waals surface area contributed by atoms with Crippen LogP contribution in [-0.4, -0.2) is 45.5 Å². The molecule has 0 unspecified atom stereocenters. The second kappa shape index (κ2) is 11.8.